The molecule has 2 N–H and O–H groups in total. The predicted molar refractivity (Wildman–Crippen MR) is 86.9 cm³/mol. The molecular formula is C17H35N3. The molecule has 1 saturated heterocycles. The summed E-state index contributed by atoms with van der Waals surface area (Å²) in [4.78, 5) is 5.42. The second kappa shape index (κ2) is 7.24. The Bertz CT molecular complexity index is 276. The summed E-state index contributed by atoms with van der Waals surface area (Å²) in [6.07, 6.45) is 8.15. The topological polar surface area (TPSA) is 32.5 Å². The molecule has 2 aliphatic rings. The Labute approximate surface area is 125 Å². The summed E-state index contributed by atoms with van der Waals surface area (Å²) in [5.41, 5.74) is 6.56. The largest absolute Gasteiger partial charge is 0.329 e. The molecule has 1 heterocycles. The molecule has 2 rings (SSSR count). The zero-order valence-electron chi connectivity index (χ0n) is 13.9. The van der Waals surface area contributed by atoms with E-state index >= 15 is 0 Å². The number of nitrogens with zero attached hydrogens (tertiary/aromatic N) is 2. The molecule has 0 amide bonds. The first-order chi connectivity index (χ1) is 9.61. The second-order valence-corrected chi connectivity index (χ2v) is 7.35. The summed E-state index contributed by atoms with van der Waals surface area (Å²) in [7, 11) is 0. The minimum absolute atomic E-state index is 0.289. The fourth-order valence-corrected chi connectivity index (χ4v) is 4.47. The van der Waals surface area contributed by atoms with E-state index in [9.17, 15) is 0 Å². The van der Waals surface area contributed by atoms with Gasteiger partial charge in [-0.1, -0.05) is 33.6 Å². The molecule has 0 aromatic heterocycles. The van der Waals surface area contributed by atoms with Gasteiger partial charge in [-0.05, 0) is 51.2 Å². The van der Waals surface area contributed by atoms with Gasteiger partial charge >= 0.3 is 0 Å². The van der Waals surface area contributed by atoms with E-state index in [2.05, 4.69) is 30.6 Å². The fourth-order valence-electron chi connectivity index (χ4n) is 4.47. The lowest BCUT2D eigenvalue weighted by molar-refractivity contribution is -0.000578. The van der Waals surface area contributed by atoms with Crippen LogP contribution in [0.15, 0.2) is 0 Å². The molecule has 0 atom stereocenters. The average molecular weight is 281 g/mol. The highest BCUT2D eigenvalue weighted by atomic mass is 15.3. The van der Waals surface area contributed by atoms with Gasteiger partial charge < -0.3 is 10.6 Å². The summed E-state index contributed by atoms with van der Waals surface area (Å²) < 4.78 is 0. The summed E-state index contributed by atoms with van der Waals surface area (Å²) in [5.74, 6) is 0.775. The van der Waals surface area contributed by atoms with Gasteiger partial charge in [0.15, 0.2) is 0 Å². The maximum atomic E-state index is 6.27. The van der Waals surface area contributed by atoms with Gasteiger partial charge in [-0.15, -0.1) is 0 Å². The Kier molecular flexibility index (Phi) is 5.88. The molecule has 118 valence electrons. The number of hydrogen-bond donors (Lipinski definition) is 1. The Balaban J connectivity index is 1.99. The molecular weight excluding hydrogens is 246 g/mol. The van der Waals surface area contributed by atoms with Crippen LogP contribution in [0.25, 0.3) is 0 Å². The van der Waals surface area contributed by atoms with Crippen LogP contribution in [0.2, 0.25) is 0 Å². The van der Waals surface area contributed by atoms with Gasteiger partial charge in [0.1, 0.15) is 0 Å². The van der Waals surface area contributed by atoms with Crippen molar-refractivity contribution in [3.05, 3.63) is 0 Å². The number of hydrogen-bond acceptors (Lipinski definition) is 3. The second-order valence-electron chi connectivity index (χ2n) is 7.35. The van der Waals surface area contributed by atoms with Crippen LogP contribution in [0.5, 0.6) is 0 Å². The third-order valence-corrected chi connectivity index (χ3v) is 5.51. The molecule has 0 radical (unpaired) electrons. The van der Waals surface area contributed by atoms with E-state index in [-0.39, 0.29) is 5.54 Å². The highest BCUT2D eigenvalue weighted by Gasteiger charge is 2.41. The molecule has 3 heteroatoms. The van der Waals surface area contributed by atoms with Crippen molar-refractivity contribution in [3.8, 4) is 0 Å². The summed E-state index contributed by atoms with van der Waals surface area (Å²) in [6, 6.07) is 0.806. The molecule has 0 bridgehead atoms. The lowest BCUT2D eigenvalue weighted by Crippen LogP contribution is -2.61. The van der Waals surface area contributed by atoms with Crippen LogP contribution in [0.4, 0.5) is 0 Å². The number of nitrogens with two attached hydrogens (primary N) is 1. The quantitative estimate of drug-likeness (QED) is 0.812. The van der Waals surface area contributed by atoms with Crippen LogP contribution >= 0.6 is 0 Å². The van der Waals surface area contributed by atoms with Crippen molar-refractivity contribution >= 4 is 0 Å². The third-order valence-electron chi connectivity index (χ3n) is 5.51. The maximum Gasteiger partial charge on any atom is 0.0358 e. The van der Waals surface area contributed by atoms with Gasteiger partial charge in [0.2, 0.25) is 0 Å². The Morgan fingerprint density at radius 1 is 1.20 bits per heavy atom. The van der Waals surface area contributed by atoms with Crippen molar-refractivity contribution in [1.82, 2.24) is 9.80 Å². The summed E-state index contributed by atoms with van der Waals surface area (Å²) in [6.45, 7) is 12.7. The van der Waals surface area contributed by atoms with Crippen molar-refractivity contribution in [2.24, 2.45) is 11.7 Å². The minimum Gasteiger partial charge on any atom is -0.329 e. The lowest BCUT2D eigenvalue weighted by Gasteiger charge is -2.51. The molecule has 0 spiro atoms. The maximum absolute atomic E-state index is 6.27. The number of rotatable bonds is 6. The minimum atomic E-state index is 0.289. The van der Waals surface area contributed by atoms with E-state index in [1.54, 1.807) is 0 Å². The smallest absolute Gasteiger partial charge is 0.0358 e. The summed E-state index contributed by atoms with van der Waals surface area (Å²) in [5, 5.41) is 0. The molecule has 3 nitrogen and oxygen atoms in total. The first kappa shape index (κ1) is 16.3. The van der Waals surface area contributed by atoms with E-state index in [1.807, 2.05) is 0 Å². The van der Waals surface area contributed by atoms with Gasteiger partial charge in [0.25, 0.3) is 0 Å². The van der Waals surface area contributed by atoms with E-state index in [0.29, 0.717) is 0 Å². The van der Waals surface area contributed by atoms with Gasteiger partial charge in [-0.3, -0.25) is 4.90 Å². The normalized spacial score (nSPS) is 24.9. The van der Waals surface area contributed by atoms with Gasteiger partial charge in [-0.2, -0.15) is 0 Å². The van der Waals surface area contributed by atoms with Crippen molar-refractivity contribution < 1.29 is 0 Å². The van der Waals surface area contributed by atoms with Crippen molar-refractivity contribution in [2.75, 3.05) is 32.7 Å². The molecule has 0 unspecified atom stereocenters. The molecule has 1 aliphatic carbocycles. The molecule has 0 aromatic carbocycles. The zero-order valence-corrected chi connectivity index (χ0v) is 13.9. The van der Waals surface area contributed by atoms with Crippen molar-refractivity contribution in [2.45, 2.75) is 70.9 Å². The SMILES string of the molecule is CCN(C1CCCC1)C1(CN)CCN(CC(C)C)CC1. The monoisotopic (exact) mass is 281 g/mol. The van der Waals surface area contributed by atoms with Crippen LogP contribution in [0.3, 0.4) is 0 Å². The van der Waals surface area contributed by atoms with E-state index in [1.165, 1.54) is 64.7 Å². The highest BCUT2D eigenvalue weighted by molar-refractivity contribution is 4.99. The highest BCUT2D eigenvalue weighted by Crippen LogP contribution is 2.35. The van der Waals surface area contributed by atoms with Crippen molar-refractivity contribution in [3.63, 3.8) is 0 Å². The first-order valence-corrected chi connectivity index (χ1v) is 8.80. The average Bonchev–Trinajstić information content (AvgIpc) is 2.95. The molecule has 0 aromatic rings. The Morgan fingerprint density at radius 3 is 2.25 bits per heavy atom. The lowest BCUT2D eigenvalue weighted by atomic mass is 9.83. The van der Waals surface area contributed by atoms with E-state index in [0.717, 1.165) is 18.5 Å². The predicted octanol–water partition coefficient (Wildman–Crippen LogP) is 2.70. The van der Waals surface area contributed by atoms with Crippen LogP contribution < -0.4 is 5.73 Å². The molecule has 1 aliphatic heterocycles. The van der Waals surface area contributed by atoms with Gasteiger partial charge in [-0.25, -0.2) is 0 Å². The van der Waals surface area contributed by atoms with E-state index < -0.39 is 0 Å². The number of piperidine rings is 1. The standard InChI is InChI=1S/C17H35N3/c1-4-20(16-7-5-6-8-16)17(14-18)9-11-19(12-10-17)13-15(2)3/h15-16H,4-14,18H2,1-3H3. The van der Waals surface area contributed by atoms with Crippen LogP contribution in [-0.2, 0) is 0 Å². The van der Waals surface area contributed by atoms with Gasteiger partial charge in [0.05, 0.1) is 0 Å². The molecule has 2 fully saturated rings. The Morgan fingerprint density at radius 2 is 1.80 bits per heavy atom. The van der Waals surface area contributed by atoms with E-state index in [4.69, 9.17) is 5.73 Å². The number of likely N-dealkylation sites (tertiary alicyclic amines) is 1. The van der Waals surface area contributed by atoms with Crippen molar-refractivity contribution in [1.29, 1.82) is 0 Å². The molecule has 20 heavy (non-hydrogen) atoms. The van der Waals surface area contributed by atoms with Crippen LogP contribution in [0.1, 0.15) is 59.3 Å². The van der Waals surface area contributed by atoms with Crippen LogP contribution in [0, 0.1) is 5.92 Å². The van der Waals surface area contributed by atoms with Crippen LogP contribution in [-0.4, -0.2) is 54.1 Å². The molecule has 1 saturated carbocycles. The fraction of sp³-hybridized carbons (Fsp3) is 1.00. The third kappa shape index (κ3) is 3.55. The van der Waals surface area contributed by atoms with Gasteiger partial charge in [0, 0.05) is 24.7 Å². The first-order valence-electron chi connectivity index (χ1n) is 8.80. The zero-order chi connectivity index (χ0) is 14.6. The summed E-state index contributed by atoms with van der Waals surface area (Å²) >= 11 is 0. The Hall–Kier alpha value is -0.120. The number of likely N-dealkylation sites (N-methyl/N-ethyl adjacent to an activating group) is 1.